The minimum Gasteiger partial charge on any atom is -0.554 e. The van der Waals surface area contributed by atoms with Gasteiger partial charge in [-0.25, -0.2) is 0 Å². The Hall–Kier alpha value is -10.3. The first-order valence-corrected chi connectivity index (χ1v) is 47.9. The van der Waals surface area contributed by atoms with E-state index in [1.807, 2.05) is 269 Å². The average molecular weight is 1610 g/mol. The van der Waals surface area contributed by atoms with E-state index < -0.39 is 70.5 Å². The van der Waals surface area contributed by atoms with Gasteiger partial charge in [-0.2, -0.15) is 0 Å². The smallest absolute Gasteiger partial charge is 0.554 e. The summed E-state index contributed by atoms with van der Waals surface area (Å²) in [5, 5.41) is 61.8. The summed E-state index contributed by atoms with van der Waals surface area (Å²) in [6.45, 7) is 7.25. The van der Waals surface area contributed by atoms with Crippen LogP contribution in [0.2, 0.25) is 26.2 Å². The molecular weight excluding hydrogens is 1520 g/mol. The van der Waals surface area contributed by atoms with Crippen LogP contribution in [-0.2, 0) is 33.0 Å². The third-order valence-electron chi connectivity index (χ3n) is 18.8. The van der Waals surface area contributed by atoms with Crippen molar-refractivity contribution < 1.29 is 72.6 Å². The molecule has 0 saturated carbocycles. The van der Waals surface area contributed by atoms with Gasteiger partial charge in [-0.05, 0) is 114 Å². The van der Waals surface area contributed by atoms with Gasteiger partial charge in [-0.15, -0.1) is 0 Å². The number of rotatable bonds is 18. The van der Waals surface area contributed by atoms with Gasteiger partial charge in [-0.3, -0.25) is 0 Å². The summed E-state index contributed by atoms with van der Waals surface area (Å²) >= 11 is 0. The minimum absolute atomic E-state index is 0. The van der Waals surface area contributed by atoms with Crippen molar-refractivity contribution >= 4 is 144 Å². The Bertz CT molecular complexity index is 4070. The number of benzene rings is 14. The van der Waals surface area contributed by atoms with Gasteiger partial charge in [0.1, 0.15) is 31.8 Å². The Balaban J connectivity index is 0.000000180. The van der Waals surface area contributed by atoms with Crippen molar-refractivity contribution in [3.8, 4) is 0 Å². The molecule has 0 spiro atoms. The van der Waals surface area contributed by atoms with Crippen LogP contribution in [0.25, 0.3) is 0 Å². The maximum absolute atomic E-state index is 11.6. The summed E-state index contributed by atoms with van der Waals surface area (Å²) in [7, 11) is -12.8. The van der Waals surface area contributed by atoms with Gasteiger partial charge in [0, 0.05) is 22.4 Å². The Labute approximate surface area is 662 Å². The van der Waals surface area contributed by atoms with Crippen LogP contribution in [0.3, 0.4) is 0 Å². The van der Waals surface area contributed by atoms with Gasteiger partial charge in [0.2, 0.25) is 0 Å². The molecule has 0 fully saturated rings. The van der Waals surface area contributed by atoms with Gasteiger partial charge in [-0.1, -0.05) is 378 Å². The standard InChI is InChI=1S/2C18H15P.4C14H14O2Si.2Ni/c2*1-4-10-16(11-5-1)19(17-12-6-2-7-13-17)18-14-8-3-9-15-18;4*1-17(14(15)16,12-8-4-2-5-9-12)13-10-6-3-7-11-13;;/h2*1-15H;4*2-11H,1H3,(H,15,16);;/q;;;;;;2*+2/p-2. The molecule has 0 aromatic heterocycles. The fraction of sp³-hybridized carbons (Fsp3) is 0.0435. The normalized spacial score (nSPS) is 10.7. The van der Waals surface area contributed by atoms with E-state index in [0.29, 0.717) is 0 Å². The number of hydrogen-bond donors (Lipinski definition) is 0. The van der Waals surface area contributed by atoms with Crippen LogP contribution < -0.4 is 93.7 Å². The SMILES string of the molecule is C[Si](C(=O)[O-])(c1ccccc1)c1ccccc1.C[Si](C(=O)[O-])(c1ccccc1)c1ccccc1.C[Si](C(=O)[O-])(c1ccccc1)c1ccccc1.C[Si](C(=O)[O-])(c1ccccc1)c1ccccc1.[Ni+2].[Ni+2].c1ccc([PH+](c2ccccc2)c2ccccc2)cc1.c1ccc([PH+](c2ccccc2)c2ccccc2)cc1. The number of carboxylic acid groups (broad SMARTS) is 4. The van der Waals surface area contributed by atoms with E-state index in [9.17, 15) is 39.6 Å². The van der Waals surface area contributed by atoms with Crippen LogP contribution in [-0.4, -0.2) is 54.7 Å². The van der Waals surface area contributed by atoms with E-state index in [2.05, 4.69) is 182 Å². The van der Waals surface area contributed by atoms with Gasteiger partial charge in [0.25, 0.3) is 0 Å². The monoisotopic (exact) mass is 1610 g/mol. The second-order valence-electron chi connectivity index (χ2n) is 25.5. The zero-order chi connectivity index (χ0) is 75.0. The predicted molar refractivity (Wildman–Crippen MR) is 450 cm³/mol. The molecule has 14 aromatic rings. The number of carbonyl (C=O) groups excluding carboxylic acids is 4. The van der Waals surface area contributed by atoms with Crippen molar-refractivity contribution in [2.24, 2.45) is 0 Å². The molecule has 16 heteroatoms. The first-order valence-electron chi connectivity index (χ1n) is 34.9. The summed E-state index contributed by atoms with van der Waals surface area (Å²) in [5.41, 5.74) is -3.80. The Morgan fingerprint density at radius 1 is 0.176 bits per heavy atom. The largest absolute Gasteiger partial charge is 2.00 e. The first-order chi connectivity index (χ1) is 51.5. The van der Waals surface area contributed by atoms with Crippen molar-refractivity contribution in [3.63, 3.8) is 0 Å². The summed E-state index contributed by atoms with van der Waals surface area (Å²) in [6, 6.07) is 140. The summed E-state index contributed by atoms with van der Waals surface area (Å²) in [4.78, 5) is 46.3. The van der Waals surface area contributed by atoms with E-state index in [0.717, 1.165) is 41.5 Å². The van der Waals surface area contributed by atoms with Gasteiger partial charge in [0.05, 0.1) is 15.8 Å². The number of hydrogen-bond acceptors (Lipinski definition) is 8. The predicted octanol–water partition coefficient (Wildman–Crippen LogP) is 9.57. The van der Waals surface area contributed by atoms with Gasteiger partial charge < -0.3 is 39.6 Å². The molecule has 0 radical (unpaired) electrons. The van der Waals surface area contributed by atoms with E-state index in [4.69, 9.17) is 0 Å². The summed E-state index contributed by atoms with van der Waals surface area (Å²) in [5.74, 6) is 0. The van der Waals surface area contributed by atoms with Crippen molar-refractivity contribution in [2.45, 2.75) is 26.2 Å². The van der Waals surface area contributed by atoms with Gasteiger partial charge >= 0.3 is 33.0 Å². The second kappa shape index (κ2) is 42.9. The molecule has 0 aliphatic heterocycles. The molecule has 14 rings (SSSR count). The van der Waals surface area contributed by atoms with Crippen molar-refractivity contribution in [1.82, 2.24) is 0 Å². The van der Waals surface area contributed by atoms with E-state index in [-0.39, 0.29) is 33.0 Å². The minimum atomic E-state index is -2.77. The molecule has 8 nitrogen and oxygen atoms in total. The first kappa shape index (κ1) is 84.9. The molecule has 0 saturated heterocycles. The molecule has 108 heavy (non-hydrogen) atoms. The molecule has 14 aromatic carbocycles. The molecule has 0 unspecified atom stereocenters. The molecule has 0 atom stereocenters. The van der Waals surface area contributed by atoms with Crippen molar-refractivity contribution in [1.29, 1.82) is 0 Å². The Morgan fingerprint density at radius 2 is 0.259 bits per heavy atom. The van der Waals surface area contributed by atoms with E-state index in [1.54, 1.807) is 0 Å². The second-order valence-corrected chi connectivity index (χ2v) is 45.7. The van der Waals surface area contributed by atoms with Crippen LogP contribution >= 0.6 is 15.8 Å². The fourth-order valence-corrected chi connectivity index (χ4v) is 27.7. The van der Waals surface area contributed by atoms with Crippen LogP contribution in [0.4, 0.5) is 19.2 Å². The summed E-state index contributed by atoms with van der Waals surface area (Å²) in [6.07, 6.45) is 0. The zero-order valence-corrected chi connectivity index (χ0v) is 68.3. The third-order valence-corrected chi connectivity index (χ3v) is 39.5. The van der Waals surface area contributed by atoms with Crippen LogP contribution in [0.15, 0.2) is 425 Å². The molecule has 544 valence electrons. The van der Waals surface area contributed by atoms with Crippen LogP contribution in [0.5, 0.6) is 0 Å². The molecule has 0 bridgehead atoms. The quantitative estimate of drug-likeness (QED) is 0.0607. The maximum atomic E-state index is 11.6. The van der Waals surface area contributed by atoms with E-state index >= 15 is 0 Å². The molecular formula is C92H84Ni2O8P2Si4+2. The maximum Gasteiger partial charge on any atom is 2.00 e. The van der Waals surface area contributed by atoms with Crippen LogP contribution in [0.1, 0.15) is 0 Å². The zero-order valence-electron chi connectivity index (χ0n) is 60.3. The molecule has 0 aliphatic rings. The molecule has 0 amide bonds. The fourth-order valence-electron chi connectivity index (χ4n) is 12.4. The van der Waals surface area contributed by atoms with Crippen molar-refractivity contribution in [3.05, 3.63) is 425 Å². The Kier molecular flexibility index (Phi) is 33.7. The third kappa shape index (κ3) is 21.9. The average Bonchev–Trinajstić information content (AvgIpc) is 0.769. The Morgan fingerprint density at radius 3 is 0.343 bits per heavy atom. The molecule has 0 N–H and O–H groups in total. The van der Waals surface area contributed by atoms with Crippen LogP contribution in [0, 0.1) is 0 Å². The topological polar surface area (TPSA) is 161 Å². The van der Waals surface area contributed by atoms with Gasteiger partial charge in [0.15, 0.2) is 32.3 Å². The van der Waals surface area contributed by atoms with E-state index in [1.165, 1.54) is 31.8 Å². The molecule has 0 heterocycles. The number of carbonyl (C=O) groups is 4. The summed E-state index contributed by atoms with van der Waals surface area (Å²) < 4.78 is 0. The molecule has 0 aliphatic carbocycles. The van der Waals surface area contributed by atoms with Crippen molar-refractivity contribution in [2.75, 3.05) is 0 Å².